The lowest BCUT2D eigenvalue weighted by molar-refractivity contribution is 0.560. The van der Waals surface area contributed by atoms with Crippen LogP contribution in [0, 0.1) is 0 Å². The molecule has 0 aromatic carbocycles. The standard InChI is InChI=1S/C5H4ClNO2S/c6-4-1-2-5(7-3-4)10(8)9/h1-3H,(H,8,9). The van der Waals surface area contributed by atoms with Gasteiger partial charge in [0.15, 0.2) is 5.03 Å². The zero-order valence-corrected chi connectivity index (χ0v) is 6.39. The molecule has 54 valence electrons. The molecule has 0 aliphatic heterocycles. The van der Waals surface area contributed by atoms with E-state index in [2.05, 4.69) is 4.98 Å². The molecule has 0 radical (unpaired) electrons. The number of hydrogen-bond acceptors (Lipinski definition) is 2. The highest BCUT2D eigenvalue weighted by atomic mass is 35.5. The summed E-state index contributed by atoms with van der Waals surface area (Å²) in [7, 11) is 0. The number of aromatic nitrogens is 1. The summed E-state index contributed by atoms with van der Waals surface area (Å²) in [6.45, 7) is 0. The van der Waals surface area contributed by atoms with Crippen LogP contribution in [0.15, 0.2) is 23.4 Å². The maximum absolute atomic E-state index is 10.3. The molecule has 0 aliphatic rings. The Balaban J connectivity index is 3.00. The molecule has 0 fully saturated rings. The molecule has 0 aliphatic carbocycles. The third-order valence-corrected chi connectivity index (χ3v) is 1.70. The van der Waals surface area contributed by atoms with Gasteiger partial charge in [-0.2, -0.15) is 0 Å². The molecule has 1 rings (SSSR count). The topological polar surface area (TPSA) is 50.2 Å². The smallest absolute Gasteiger partial charge is 0.205 e. The van der Waals surface area contributed by atoms with Crippen LogP contribution in [0.2, 0.25) is 5.02 Å². The fraction of sp³-hybridized carbons (Fsp3) is 0. The van der Waals surface area contributed by atoms with Gasteiger partial charge < -0.3 is 4.55 Å². The molecule has 0 amide bonds. The van der Waals surface area contributed by atoms with E-state index in [-0.39, 0.29) is 5.03 Å². The van der Waals surface area contributed by atoms with Crippen molar-refractivity contribution in [2.45, 2.75) is 5.03 Å². The summed E-state index contributed by atoms with van der Waals surface area (Å²) >= 11 is 3.47. The minimum Gasteiger partial charge on any atom is -0.301 e. The first-order valence-electron chi connectivity index (χ1n) is 2.42. The molecule has 1 aromatic rings. The Labute approximate surface area is 65.3 Å². The van der Waals surface area contributed by atoms with Crippen molar-refractivity contribution in [1.82, 2.24) is 4.98 Å². The average Bonchev–Trinajstić information content (AvgIpc) is 1.88. The van der Waals surface area contributed by atoms with Gasteiger partial charge in [-0.25, -0.2) is 9.19 Å². The van der Waals surface area contributed by atoms with E-state index in [0.717, 1.165) is 0 Å². The summed E-state index contributed by atoms with van der Waals surface area (Å²) in [5, 5.41) is 0.568. The molecule has 3 nitrogen and oxygen atoms in total. The molecule has 0 bridgehead atoms. The summed E-state index contributed by atoms with van der Waals surface area (Å²) in [6.07, 6.45) is 1.32. The first-order chi connectivity index (χ1) is 4.70. The monoisotopic (exact) mass is 177 g/mol. The fourth-order valence-electron chi connectivity index (χ4n) is 0.466. The van der Waals surface area contributed by atoms with Gasteiger partial charge in [-0.3, -0.25) is 0 Å². The number of pyridine rings is 1. The van der Waals surface area contributed by atoms with Gasteiger partial charge in [-0.15, -0.1) is 0 Å². The van der Waals surface area contributed by atoms with Crippen molar-refractivity contribution in [2.24, 2.45) is 0 Å². The Morgan fingerprint density at radius 1 is 1.60 bits per heavy atom. The van der Waals surface area contributed by atoms with E-state index in [1.165, 1.54) is 18.3 Å². The Bertz CT molecular complexity index is 248. The molecule has 10 heavy (non-hydrogen) atoms. The molecular formula is C5H4ClNO2S. The highest BCUT2D eigenvalue weighted by molar-refractivity contribution is 7.79. The predicted octanol–water partition coefficient (Wildman–Crippen LogP) is 1.32. The van der Waals surface area contributed by atoms with Crippen LogP contribution < -0.4 is 0 Å². The summed E-state index contributed by atoms with van der Waals surface area (Å²) < 4.78 is 18.8. The van der Waals surface area contributed by atoms with Crippen LogP contribution in [-0.2, 0) is 11.1 Å². The second-order valence-corrected chi connectivity index (χ2v) is 2.92. The number of halogens is 1. The SMILES string of the molecule is O=S(O)c1ccc(Cl)cn1. The van der Waals surface area contributed by atoms with E-state index in [1.54, 1.807) is 0 Å². The number of rotatable bonds is 1. The second kappa shape index (κ2) is 3.09. The molecule has 0 spiro atoms. The highest BCUT2D eigenvalue weighted by Gasteiger charge is 1.98. The van der Waals surface area contributed by atoms with Crippen molar-refractivity contribution < 1.29 is 8.76 Å². The third kappa shape index (κ3) is 1.76. The average molecular weight is 178 g/mol. The van der Waals surface area contributed by atoms with E-state index in [9.17, 15) is 4.21 Å². The molecule has 5 heteroatoms. The maximum Gasteiger partial charge on any atom is 0.205 e. The van der Waals surface area contributed by atoms with Gasteiger partial charge in [-0.1, -0.05) is 11.6 Å². The molecular weight excluding hydrogens is 174 g/mol. The lowest BCUT2D eigenvalue weighted by atomic mass is 10.5. The lowest BCUT2D eigenvalue weighted by Crippen LogP contribution is -1.90. The van der Waals surface area contributed by atoms with Gasteiger partial charge >= 0.3 is 0 Å². The van der Waals surface area contributed by atoms with Crippen molar-refractivity contribution in [3.8, 4) is 0 Å². The fourth-order valence-corrected chi connectivity index (χ4v) is 0.905. The Morgan fingerprint density at radius 3 is 2.70 bits per heavy atom. The van der Waals surface area contributed by atoms with Crippen LogP contribution in [0.25, 0.3) is 0 Å². The largest absolute Gasteiger partial charge is 0.301 e. The zero-order valence-electron chi connectivity index (χ0n) is 4.82. The molecule has 1 unspecified atom stereocenters. The van der Waals surface area contributed by atoms with E-state index in [1.807, 2.05) is 0 Å². The van der Waals surface area contributed by atoms with Crippen molar-refractivity contribution in [2.75, 3.05) is 0 Å². The molecule has 1 atom stereocenters. The van der Waals surface area contributed by atoms with Crippen LogP contribution >= 0.6 is 11.6 Å². The zero-order chi connectivity index (χ0) is 7.56. The predicted molar refractivity (Wildman–Crippen MR) is 38.3 cm³/mol. The molecule has 0 saturated heterocycles. The second-order valence-electron chi connectivity index (χ2n) is 1.56. The van der Waals surface area contributed by atoms with Gasteiger partial charge in [-0.05, 0) is 12.1 Å². The molecule has 1 aromatic heterocycles. The minimum absolute atomic E-state index is 0.115. The normalized spacial score (nSPS) is 13.0. The van der Waals surface area contributed by atoms with Gasteiger partial charge in [0.05, 0.1) is 5.02 Å². The van der Waals surface area contributed by atoms with E-state index in [4.69, 9.17) is 16.2 Å². The van der Waals surface area contributed by atoms with Gasteiger partial charge in [0.2, 0.25) is 11.1 Å². The van der Waals surface area contributed by atoms with Crippen LogP contribution in [-0.4, -0.2) is 13.7 Å². The summed E-state index contributed by atoms with van der Waals surface area (Å²) in [6, 6.07) is 2.91. The quantitative estimate of drug-likeness (QED) is 0.659. The summed E-state index contributed by atoms with van der Waals surface area (Å²) in [5.74, 6) is 0. The molecule has 1 N–H and O–H groups in total. The van der Waals surface area contributed by atoms with Crippen molar-refractivity contribution >= 4 is 22.7 Å². The minimum atomic E-state index is -2.01. The first-order valence-corrected chi connectivity index (χ1v) is 3.91. The van der Waals surface area contributed by atoms with Crippen molar-refractivity contribution in [3.05, 3.63) is 23.4 Å². The number of hydrogen-bond donors (Lipinski definition) is 1. The molecule has 1 heterocycles. The summed E-state index contributed by atoms with van der Waals surface area (Å²) in [5.41, 5.74) is 0. The van der Waals surface area contributed by atoms with Crippen molar-refractivity contribution in [3.63, 3.8) is 0 Å². The number of nitrogens with zero attached hydrogens (tertiary/aromatic N) is 1. The van der Waals surface area contributed by atoms with Gasteiger partial charge in [0.1, 0.15) is 0 Å². The van der Waals surface area contributed by atoms with Crippen LogP contribution in [0.3, 0.4) is 0 Å². The Kier molecular flexibility index (Phi) is 2.37. The summed E-state index contributed by atoms with van der Waals surface area (Å²) in [4.78, 5) is 3.60. The van der Waals surface area contributed by atoms with Crippen LogP contribution in [0.5, 0.6) is 0 Å². The lowest BCUT2D eigenvalue weighted by Gasteiger charge is -1.91. The van der Waals surface area contributed by atoms with Gasteiger partial charge in [0, 0.05) is 6.20 Å². The van der Waals surface area contributed by atoms with Crippen LogP contribution in [0.1, 0.15) is 0 Å². The Morgan fingerprint density at radius 2 is 2.30 bits per heavy atom. The maximum atomic E-state index is 10.3. The first kappa shape index (κ1) is 7.65. The van der Waals surface area contributed by atoms with Gasteiger partial charge in [0.25, 0.3) is 0 Å². The highest BCUT2D eigenvalue weighted by Crippen LogP contribution is 2.07. The third-order valence-electron chi connectivity index (χ3n) is 0.879. The van der Waals surface area contributed by atoms with Crippen molar-refractivity contribution in [1.29, 1.82) is 0 Å². The Hall–Kier alpha value is -0.450. The van der Waals surface area contributed by atoms with E-state index in [0.29, 0.717) is 5.02 Å². The van der Waals surface area contributed by atoms with Crippen LogP contribution in [0.4, 0.5) is 0 Å². The van der Waals surface area contributed by atoms with E-state index < -0.39 is 11.1 Å². The molecule has 0 saturated carbocycles. The van der Waals surface area contributed by atoms with E-state index >= 15 is 0 Å².